The molecule has 2 aliphatic rings. The van der Waals surface area contributed by atoms with Crippen LogP contribution in [0.4, 0.5) is 5.69 Å². The Hall–Kier alpha value is -2.98. The number of amides is 1. The smallest absolute Gasteiger partial charge is 0.283 e. The molecule has 1 aliphatic carbocycles. The first-order chi connectivity index (χ1) is 18.3. The van der Waals surface area contributed by atoms with Gasteiger partial charge in [0.05, 0.1) is 28.2 Å². The number of carbonyl (C=O) groups is 1. The van der Waals surface area contributed by atoms with E-state index in [2.05, 4.69) is 9.62 Å². The minimum absolute atomic E-state index is 0.0797. The van der Waals surface area contributed by atoms with E-state index >= 15 is 0 Å². The number of nitrogens with zero attached hydrogens (tertiary/aromatic N) is 4. The minimum Gasteiger partial charge on any atom is -0.384 e. The standard InChI is InChI=1S/C28H37N5O4S/c1-19(2)18-38(35,36)31-28(34)23-16-24(32-14-12-20(13-15-32)17-37-3)25-26(21-8-7-9-21)30-33(27(25)29-23)22-10-5-4-6-11-22/h4-6,10-11,16,19-21H,7-9,12-15,17-18H2,1-3H3,(H,31,34). The number of hydrogen-bond donors (Lipinski definition) is 1. The van der Waals surface area contributed by atoms with Crippen molar-refractivity contribution in [3.05, 3.63) is 47.8 Å². The number of nitrogens with one attached hydrogen (secondary N) is 1. The number of anilines is 1. The second-order valence-corrected chi connectivity index (χ2v) is 12.7. The van der Waals surface area contributed by atoms with E-state index in [-0.39, 0.29) is 17.4 Å². The monoisotopic (exact) mass is 539 g/mol. The summed E-state index contributed by atoms with van der Waals surface area (Å²) in [5, 5.41) is 6.02. The summed E-state index contributed by atoms with van der Waals surface area (Å²) in [5.41, 5.74) is 3.43. The first kappa shape index (κ1) is 26.6. The van der Waals surface area contributed by atoms with E-state index in [1.165, 1.54) is 6.42 Å². The van der Waals surface area contributed by atoms with Crippen LogP contribution in [0.5, 0.6) is 0 Å². The molecule has 38 heavy (non-hydrogen) atoms. The summed E-state index contributed by atoms with van der Waals surface area (Å²) in [6.07, 6.45) is 5.28. The molecule has 9 nitrogen and oxygen atoms in total. The number of fused-ring (bicyclic) bond motifs is 1. The second kappa shape index (κ2) is 11.0. The van der Waals surface area contributed by atoms with E-state index in [1.807, 2.05) is 35.0 Å². The average Bonchev–Trinajstić information content (AvgIpc) is 3.21. The molecule has 3 heterocycles. The molecule has 0 spiro atoms. The van der Waals surface area contributed by atoms with Gasteiger partial charge in [-0.15, -0.1) is 0 Å². The Morgan fingerprint density at radius 2 is 1.84 bits per heavy atom. The summed E-state index contributed by atoms with van der Waals surface area (Å²) in [6.45, 7) is 5.99. The quantitative estimate of drug-likeness (QED) is 0.433. The zero-order valence-electron chi connectivity index (χ0n) is 22.4. The molecule has 1 saturated carbocycles. The second-order valence-electron chi connectivity index (χ2n) is 11.0. The topological polar surface area (TPSA) is 106 Å². The van der Waals surface area contributed by atoms with Crippen molar-refractivity contribution in [3.8, 4) is 5.69 Å². The fourth-order valence-corrected chi connectivity index (χ4v) is 6.80. The minimum atomic E-state index is -3.79. The van der Waals surface area contributed by atoms with Crippen molar-refractivity contribution in [2.75, 3.05) is 37.5 Å². The molecule has 1 amide bonds. The largest absolute Gasteiger partial charge is 0.384 e. The molecule has 1 saturated heterocycles. The van der Waals surface area contributed by atoms with Crippen molar-refractivity contribution < 1.29 is 17.9 Å². The molecule has 204 valence electrons. The molecule has 2 fully saturated rings. The van der Waals surface area contributed by atoms with Crippen LogP contribution in [-0.2, 0) is 14.8 Å². The molecule has 10 heteroatoms. The molecular formula is C28H37N5O4S. The Labute approximate surface area is 224 Å². The number of carbonyl (C=O) groups excluding carboxylic acids is 1. The van der Waals surface area contributed by atoms with Crippen LogP contribution in [0.2, 0.25) is 0 Å². The molecule has 0 bridgehead atoms. The molecule has 2 aromatic heterocycles. The molecule has 1 N–H and O–H groups in total. The van der Waals surface area contributed by atoms with Crippen molar-refractivity contribution in [1.29, 1.82) is 0 Å². The molecule has 1 aromatic carbocycles. The van der Waals surface area contributed by atoms with Crippen LogP contribution in [0, 0.1) is 11.8 Å². The van der Waals surface area contributed by atoms with Gasteiger partial charge in [-0.25, -0.2) is 22.8 Å². The van der Waals surface area contributed by atoms with E-state index in [4.69, 9.17) is 14.8 Å². The van der Waals surface area contributed by atoms with Crippen molar-refractivity contribution >= 4 is 32.7 Å². The number of piperidine rings is 1. The third-order valence-electron chi connectivity index (χ3n) is 7.53. The highest BCUT2D eigenvalue weighted by Crippen LogP contribution is 2.43. The van der Waals surface area contributed by atoms with Crippen LogP contribution in [0.3, 0.4) is 0 Å². The van der Waals surface area contributed by atoms with Crippen LogP contribution >= 0.6 is 0 Å². The van der Waals surface area contributed by atoms with Crippen molar-refractivity contribution in [1.82, 2.24) is 19.5 Å². The van der Waals surface area contributed by atoms with Gasteiger partial charge in [0.1, 0.15) is 5.69 Å². The molecule has 0 atom stereocenters. The van der Waals surface area contributed by atoms with Crippen LogP contribution in [0.1, 0.15) is 68.1 Å². The number of aromatic nitrogens is 3. The van der Waals surface area contributed by atoms with Gasteiger partial charge in [0.2, 0.25) is 10.0 Å². The number of ether oxygens (including phenoxy) is 1. The van der Waals surface area contributed by atoms with Gasteiger partial charge >= 0.3 is 0 Å². The van der Waals surface area contributed by atoms with Gasteiger partial charge in [-0.3, -0.25) is 4.79 Å². The number of rotatable bonds is 9. The molecule has 5 rings (SSSR count). The van der Waals surface area contributed by atoms with Gasteiger partial charge in [-0.1, -0.05) is 38.5 Å². The number of hydrogen-bond acceptors (Lipinski definition) is 7. The van der Waals surface area contributed by atoms with E-state index in [0.29, 0.717) is 17.5 Å². The first-order valence-corrected chi connectivity index (χ1v) is 15.2. The Morgan fingerprint density at radius 1 is 1.13 bits per heavy atom. The number of sulfonamides is 1. The van der Waals surface area contributed by atoms with Crippen molar-refractivity contribution in [3.63, 3.8) is 0 Å². The lowest BCUT2D eigenvalue weighted by atomic mass is 9.82. The molecule has 3 aromatic rings. The third-order valence-corrected chi connectivity index (χ3v) is 9.13. The van der Waals surface area contributed by atoms with Gasteiger partial charge in [-0.05, 0) is 55.7 Å². The van der Waals surface area contributed by atoms with Crippen molar-refractivity contribution in [2.24, 2.45) is 11.8 Å². The van der Waals surface area contributed by atoms with E-state index in [9.17, 15) is 13.2 Å². The molecular weight excluding hydrogens is 502 g/mol. The lowest BCUT2D eigenvalue weighted by molar-refractivity contribution is 0.0977. The molecule has 1 aliphatic heterocycles. The number of pyridine rings is 1. The SMILES string of the molecule is COCC1CCN(c2cc(C(=O)NS(=O)(=O)CC(C)C)nc3c2c(C2CCC2)nn3-c2ccccc2)CC1. The summed E-state index contributed by atoms with van der Waals surface area (Å²) in [6, 6.07) is 11.5. The van der Waals surface area contributed by atoms with Gasteiger partial charge in [0.25, 0.3) is 5.91 Å². The maximum atomic E-state index is 13.3. The molecule has 0 radical (unpaired) electrons. The Kier molecular flexibility index (Phi) is 7.72. The number of methoxy groups -OCH3 is 1. The maximum Gasteiger partial charge on any atom is 0.283 e. The normalized spacial score (nSPS) is 17.2. The zero-order valence-corrected chi connectivity index (χ0v) is 23.2. The number of benzene rings is 1. The highest BCUT2D eigenvalue weighted by atomic mass is 32.2. The number of para-hydroxylation sites is 1. The predicted molar refractivity (Wildman–Crippen MR) is 148 cm³/mol. The summed E-state index contributed by atoms with van der Waals surface area (Å²) >= 11 is 0. The van der Waals surface area contributed by atoms with Gasteiger partial charge in [-0.2, -0.15) is 5.10 Å². The van der Waals surface area contributed by atoms with E-state index < -0.39 is 15.9 Å². The predicted octanol–water partition coefficient (Wildman–Crippen LogP) is 4.27. The average molecular weight is 540 g/mol. The third kappa shape index (κ3) is 5.56. The van der Waals surface area contributed by atoms with Crippen molar-refractivity contribution in [2.45, 2.75) is 51.9 Å². The zero-order chi connectivity index (χ0) is 26.9. The fourth-order valence-electron chi connectivity index (χ4n) is 5.46. The van der Waals surface area contributed by atoms with Gasteiger partial charge < -0.3 is 9.64 Å². The van der Waals surface area contributed by atoms with E-state index in [1.54, 1.807) is 27.0 Å². The molecule has 0 unspecified atom stereocenters. The van der Waals surface area contributed by atoms with Gasteiger partial charge in [0.15, 0.2) is 5.65 Å². The van der Waals surface area contributed by atoms with Crippen LogP contribution in [-0.4, -0.2) is 61.6 Å². The Morgan fingerprint density at radius 3 is 2.45 bits per heavy atom. The summed E-state index contributed by atoms with van der Waals surface area (Å²) in [5.74, 6) is -0.108. The van der Waals surface area contributed by atoms with Crippen LogP contribution < -0.4 is 9.62 Å². The Balaban J connectivity index is 1.64. The van der Waals surface area contributed by atoms with Crippen LogP contribution in [0.25, 0.3) is 16.7 Å². The maximum absolute atomic E-state index is 13.3. The van der Waals surface area contributed by atoms with Crippen LogP contribution in [0.15, 0.2) is 36.4 Å². The lowest BCUT2D eigenvalue weighted by Crippen LogP contribution is -2.36. The Bertz CT molecular complexity index is 1390. The summed E-state index contributed by atoms with van der Waals surface area (Å²) in [7, 11) is -2.05. The lowest BCUT2D eigenvalue weighted by Gasteiger charge is -2.34. The highest BCUT2D eigenvalue weighted by Gasteiger charge is 2.32. The summed E-state index contributed by atoms with van der Waals surface area (Å²) < 4.78 is 34.6. The summed E-state index contributed by atoms with van der Waals surface area (Å²) in [4.78, 5) is 20.3. The first-order valence-electron chi connectivity index (χ1n) is 13.5. The van der Waals surface area contributed by atoms with Gasteiger partial charge in [0, 0.05) is 32.7 Å². The highest BCUT2D eigenvalue weighted by molar-refractivity contribution is 7.90. The fraction of sp³-hybridized carbons (Fsp3) is 0.536. The van der Waals surface area contributed by atoms with E-state index in [0.717, 1.165) is 67.8 Å².